The Morgan fingerprint density at radius 1 is 0.484 bits per heavy atom. The molecule has 2 aliphatic carbocycles. The van der Waals surface area contributed by atoms with Crippen molar-refractivity contribution in [1.82, 2.24) is 0 Å². The van der Waals surface area contributed by atoms with Gasteiger partial charge < -0.3 is 29.7 Å². The molecule has 62 heavy (non-hydrogen) atoms. The number of nitrogens with two attached hydrogens (primary N) is 2. The van der Waals surface area contributed by atoms with Gasteiger partial charge in [0.05, 0.1) is 53.5 Å². The average Bonchev–Trinajstić information content (AvgIpc) is 3.09. The van der Waals surface area contributed by atoms with Gasteiger partial charge in [0.25, 0.3) is 0 Å². The van der Waals surface area contributed by atoms with Crippen LogP contribution in [0.4, 0.5) is 22.7 Å². The second kappa shape index (κ2) is 20.6. The number of nitrogen functional groups attached to an aromatic ring is 2. The van der Waals surface area contributed by atoms with E-state index in [2.05, 4.69) is 21.1 Å². The molecular formula is C34H24N6Na4O14S4. The molecule has 0 saturated heterocycles. The number of hydrogen-bond donors (Lipinski definition) is 4. The number of fused-ring (bicyclic) bond motifs is 2. The van der Waals surface area contributed by atoms with Gasteiger partial charge in [0.1, 0.15) is 51.9 Å². The summed E-state index contributed by atoms with van der Waals surface area (Å²) < 4.78 is 142. The number of nitrogens with one attached hydrogen (secondary N) is 2. The molecule has 4 aromatic carbocycles. The SMILES string of the molecule is Cc1cc(-c2ccc(N/N=C3/C=Cc4c(S(=O)(=O)[O-])cc(S(=O)(=O)[O-])c(N)c4C3=O)c(C)c2)ccc1N/N=C1/C=Cc2c(S(=O)(=O)[O-])cc(S(=O)(=O)[O-])c(N)c2C1=O.[Na+].[Na+].[Na+].[Na+]. The summed E-state index contributed by atoms with van der Waals surface area (Å²) in [6, 6.07) is 10.8. The number of hydrogen-bond acceptors (Lipinski definition) is 20. The van der Waals surface area contributed by atoms with Crippen molar-refractivity contribution in [2.45, 2.75) is 33.4 Å². The Kier molecular flexibility index (Phi) is 18.6. The fraction of sp³-hybridized carbons (Fsp3) is 0.0588. The molecule has 0 spiro atoms. The molecule has 0 amide bonds. The molecule has 0 heterocycles. The normalized spacial score (nSPS) is 14.7. The zero-order chi connectivity index (χ0) is 42.9. The molecular weight excluding hydrogens is 937 g/mol. The van der Waals surface area contributed by atoms with Crippen molar-refractivity contribution < 1.29 is 180 Å². The molecule has 6 rings (SSSR count). The van der Waals surface area contributed by atoms with Crippen molar-refractivity contribution in [3.63, 3.8) is 0 Å². The quantitative estimate of drug-likeness (QED) is 0.0524. The van der Waals surface area contributed by atoms with Gasteiger partial charge in [0.15, 0.2) is 0 Å². The van der Waals surface area contributed by atoms with Crippen LogP contribution in [0.1, 0.15) is 43.0 Å². The van der Waals surface area contributed by atoms with Crippen molar-refractivity contribution in [3.8, 4) is 11.1 Å². The Bertz CT molecular complexity index is 2950. The molecule has 6 N–H and O–H groups in total. The van der Waals surface area contributed by atoms with E-state index in [1.807, 2.05) is 0 Å². The third kappa shape index (κ3) is 11.5. The number of nitrogens with zero attached hydrogens (tertiary/aromatic N) is 2. The number of allylic oxidation sites excluding steroid dienone is 2. The van der Waals surface area contributed by atoms with Gasteiger partial charge in [-0.1, -0.05) is 24.3 Å². The summed E-state index contributed by atoms with van der Waals surface area (Å²) in [4.78, 5) is 21.9. The van der Waals surface area contributed by atoms with Crippen molar-refractivity contribution in [2.24, 2.45) is 10.2 Å². The fourth-order valence-corrected chi connectivity index (χ4v) is 8.89. The maximum absolute atomic E-state index is 13.3. The predicted octanol–water partition coefficient (Wildman–Crippen LogP) is -9.88. The summed E-state index contributed by atoms with van der Waals surface area (Å²) in [5.74, 6) is -2.13. The van der Waals surface area contributed by atoms with Crippen LogP contribution in [-0.2, 0) is 40.5 Å². The molecule has 302 valence electrons. The first-order valence-electron chi connectivity index (χ1n) is 15.9. The largest absolute Gasteiger partial charge is 1.00 e. The summed E-state index contributed by atoms with van der Waals surface area (Å²) in [6.45, 7) is 3.41. The first kappa shape index (κ1) is 56.0. The van der Waals surface area contributed by atoms with Crippen LogP contribution in [-0.4, -0.2) is 74.9 Å². The number of hydrazone groups is 2. The summed E-state index contributed by atoms with van der Waals surface area (Å²) in [6.07, 6.45) is 4.21. The number of carbonyl (C=O) groups is 2. The zero-order valence-corrected chi connectivity index (χ0v) is 44.6. The third-order valence-electron chi connectivity index (χ3n) is 8.86. The number of benzene rings is 4. The second-order valence-corrected chi connectivity index (χ2v) is 18.0. The smallest absolute Gasteiger partial charge is 0.744 e. The first-order chi connectivity index (χ1) is 26.8. The van der Waals surface area contributed by atoms with Gasteiger partial charge in [0.2, 0.25) is 11.6 Å². The Balaban J connectivity index is 0.00000331. The molecule has 0 fully saturated rings. The van der Waals surface area contributed by atoms with Crippen LogP contribution in [0.3, 0.4) is 0 Å². The second-order valence-electron chi connectivity index (χ2n) is 12.6. The van der Waals surface area contributed by atoms with E-state index in [1.54, 1.807) is 50.2 Å². The minimum absolute atomic E-state index is 0. The molecule has 20 nitrogen and oxygen atoms in total. The third-order valence-corrected chi connectivity index (χ3v) is 12.4. The predicted molar refractivity (Wildman–Crippen MR) is 204 cm³/mol. The number of rotatable bonds is 9. The van der Waals surface area contributed by atoms with Gasteiger partial charge >= 0.3 is 118 Å². The molecule has 2 aliphatic rings. The molecule has 0 unspecified atom stereocenters. The van der Waals surface area contributed by atoms with E-state index < -0.39 is 105 Å². The van der Waals surface area contributed by atoms with Crippen molar-refractivity contribution in [3.05, 3.63) is 94.1 Å². The Morgan fingerprint density at radius 3 is 1.06 bits per heavy atom. The topological polar surface area (TPSA) is 364 Å². The van der Waals surface area contributed by atoms with Gasteiger partial charge in [-0.15, -0.1) is 0 Å². The number of aryl methyl sites for hydroxylation is 2. The van der Waals surface area contributed by atoms with E-state index >= 15 is 0 Å². The number of anilines is 4. The van der Waals surface area contributed by atoms with Crippen molar-refractivity contribution in [1.29, 1.82) is 0 Å². The van der Waals surface area contributed by atoms with E-state index in [4.69, 9.17) is 11.5 Å². The Morgan fingerprint density at radius 2 is 0.790 bits per heavy atom. The van der Waals surface area contributed by atoms with Gasteiger partial charge in [-0.3, -0.25) is 20.4 Å². The summed E-state index contributed by atoms with van der Waals surface area (Å²) >= 11 is 0. The molecule has 0 bridgehead atoms. The van der Waals surface area contributed by atoms with Crippen LogP contribution in [0.2, 0.25) is 0 Å². The molecule has 0 saturated carbocycles. The zero-order valence-electron chi connectivity index (χ0n) is 33.3. The van der Waals surface area contributed by atoms with E-state index in [0.717, 1.165) is 24.3 Å². The minimum atomic E-state index is -5.40. The molecule has 0 radical (unpaired) electrons. The van der Waals surface area contributed by atoms with Crippen LogP contribution in [0.15, 0.2) is 90.5 Å². The Labute approximate surface area is 443 Å². The van der Waals surface area contributed by atoms with Crippen LogP contribution in [0.5, 0.6) is 0 Å². The van der Waals surface area contributed by atoms with E-state index in [0.29, 0.717) is 45.8 Å². The molecule has 28 heteroatoms. The van der Waals surface area contributed by atoms with Gasteiger partial charge in [-0.25, -0.2) is 33.7 Å². The maximum atomic E-state index is 13.3. The monoisotopic (exact) mass is 960 g/mol. The average molecular weight is 961 g/mol. The van der Waals surface area contributed by atoms with Crippen molar-refractivity contribution >= 4 is 98.4 Å². The molecule has 0 aromatic heterocycles. The van der Waals surface area contributed by atoms with Crippen LogP contribution < -0.4 is 141 Å². The van der Waals surface area contributed by atoms with Crippen LogP contribution >= 0.6 is 0 Å². The number of ketones is 2. The minimum Gasteiger partial charge on any atom is -0.744 e. The number of Topliss-reactive ketones (excluding diaryl/α,β-unsaturated/α-hetero) is 2. The first-order valence-corrected chi connectivity index (χ1v) is 21.5. The summed E-state index contributed by atoms with van der Waals surface area (Å²) in [5, 5.41) is 8.08. The number of carbonyl (C=O) groups excluding carboxylic acids is 2. The van der Waals surface area contributed by atoms with Crippen LogP contribution in [0, 0.1) is 13.8 Å². The van der Waals surface area contributed by atoms with E-state index in [9.17, 15) is 61.5 Å². The van der Waals surface area contributed by atoms with E-state index in [1.165, 1.54) is 0 Å². The summed E-state index contributed by atoms with van der Waals surface area (Å²) in [7, 11) is -21.5. The molecule has 0 aliphatic heterocycles. The maximum Gasteiger partial charge on any atom is 1.00 e. The van der Waals surface area contributed by atoms with Gasteiger partial charge in [0, 0.05) is 11.1 Å². The van der Waals surface area contributed by atoms with Crippen molar-refractivity contribution in [2.75, 3.05) is 22.3 Å². The Hall–Kier alpha value is -2.12. The van der Waals surface area contributed by atoms with Crippen LogP contribution in [0.25, 0.3) is 23.3 Å². The fourth-order valence-electron chi connectivity index (χ4n) is 6.07. The molecule has 0 atom stereocenters. The standard InChI is InChI=1S/C34H28N6O14S4.4Na/c1-15-11-17(3-7-21(15)37-39-23-9-5-19-25(55(43,44)45)13-27(57(49,50)51)31(35)29(19)33(23)41)18-4-8-22(16(2)12-18)38-40-24-10-6-20-26(56(46,47)48)14-28(58(52,53)54)32(36)30(20)34(24)42;;;;/h3-14,37-38H,35-36H2,1-2H3,(H,43,44,45)(H,46,47,48)(H,49,50,51)(H,52,53,54);;;;/q;4*+1/p-4/b39-23-,40-24-;;;;. The van der Waals surface area contributed by atoms with Gasteiger partial charge in [-0.05, 0) is 84.7 Å². The van der Waals surface area contributed by atoms with Gasteiger partial charge in [-0.2, -0.15) is 10.2 Å². The molecule has 4 aromatic rings. The summed E-state index contributed by atoms with van der Waals surface area (Å²) in [5.41, 5.74) is 15.6. The van der Waals surface area contributed by atoms with E-state index in [-0.39, 0.29) is 130 Å².